The van der Waals surface area contributed by atoms with Crippen LogP contribution < -0.4 is 15.4 Å². The number of aliphatic imine (C=N–C) groups is 1. The lowest BCUT2D eigenvalue weighted by molar-refractivity contribution is -0.140. The largest absolute Gasteiger partial charge is 0.508 e. The van der Waals surface area contributed by atoms with E-state index in [2.05, 4.69) is 27.8 Å². The van der Waals surface area contributed by atoms with Crippen molar-refractivity contribution in [3.63, 3.8) is 0 Å². The first-order chi connectivity index (χ1) is 14.0. The van der Waals surface area contributed by atoms with Crippen LogP contribution in [0.25, 0.3) is 0 Å². The van der Waals surface area contributed by atoms with Gasteiger partial charge in [-0.05, 0) is 36.5 Å². The number of benzene rings is 1. The predicted octanol–water partition coefficient (Wildman–Crippen LogP) is 0.873. The lowest BCUT2D eigenvalue weighted by Gasteiger charge is -2.19. The van der Waals surface area contributed by atoms with Gasteiger partial charge in [-0.3, -0.25) is 19.5 Å². The summed E-state index contributed by atoms with van der Waals surface area (Å²) < 4.78 is 5.18. The zero-order valence-corrected chi connectivity index (χ0v) is 16.6. The zero-order valence-electron chi connectivity index (χ0n) is 16.6. The number of phenolic OH excluding ortho intramolecular Hbond substituents is 1. The SMILES string of the molecule is CN=C(NCCN1C(=O)C2C3C=CC(C3)C2C1=O)NCc1cc(OC)ccc1O. The van der Waals surface area contributed by atoms with E-state index >= 15 is 0 Å². The van der Waals surface area contributed by atoms with E-state index < -0.39 is 0 Å². The average molecular weight is 398 g/mol. The van der Waals surface area contributed by atoms with E-state index in [4.69, 9.17) is 4.74 Å². The molecule has 1 aliphatic heterocycles. The Morgan fingerprint density at radius 3 is 2.52 bits per heavy atom. The van der Waals surface area contributed by atoms with Crippen LogP contribution >= 0.6 is 0 Å². The number of rotatable bonds is 6. The number of allylic oxidation sites excluding steroid dienone is 2. The number of amides is 2. The van der Waals surface area contributed by atoms with Crippen LogP contribution in [0.1, 0.15) is 12.0 Å². The molecular weight excluding hydrogens is 372 g/mol. The van der Waals surface area contributed by atoms with Crippen molar-refractivity contribution < 1.29 is 19.4 Å². The minimum Gasteiger partial charge on any atom is -0.508 e. The molecule has 0 aromatic heterocycles. The zero-order chi connectivity index (χ0) is 20.5. The first-order valence-electron chi connectivity index (χ1n) is 9.87. The van der Waals surface area contributed by atoms with Crippen molar-refractivity contribution in [3.8, 4) is 11.5 Å². The third-order valence-corrected chi connectivity index (χ3v) is 6.15. The lowest BCUT2D eigenvalue weighted by Crippen LogP contribution is -2.43. The molecule has 2 aliphatic carbocycles. The minimum atomic E-state index is -0.161. The number of ether oxygens (including phenoxy) is 1. The van der Waals surface area contributed by atoms with E-state index in [0.29, 0.717) is 36.9 Å². The maximum atomic E-state index is 12.7. The molecule has 3 aliphatic rings. The van der Waals surface area contributed by atoms with Gasteiger partial charge in [-0.15, -0.1) is 0 Å². The standard InChI is InChI=1S/C21H26N4O4/c1-22-21(24-11-14-10-15(29-2)5-6-16(14)26)23-7-8-25-19(27)17-12-3-4-13(9-12)18(17)20(25)28/h3-6,10,12-13,17-18,26H,7-9,11H2,1-2H3,(H2,22,23,24). The number of nitrogens with one attached hydrogen (secondary N) is 2. The Labute approximate surface area is 169 Å². The van der Waals surface area contributed by atoms with Crippen LogP contribution in [0.5, 0.6) is 11.5 Å². The van der Waals surface area contributed by atoms with Crippen molar-refractivity contribution in [2.24, 2.45) is 28.7 Å². The number of imide groups is 1. The van der Waals surface area contributed by atoms with Gasteiger partial charge >= 0.3 is 0 Å². The first-order valence-corrected chi connectivity index (χ1v) is 9.87. The van der Waals surface area contributed by atoms with Gasteiger partial charge in [0, 0.05) is 32.2 Å². The summed E-state index contributed by atoms with van der Waals surface area (Å²) in [5.41, 5.74) is 0.674. The second kappa shape index (κ2) is 7.77. The number of carbonyl (C=O) groups excluding carboxylic acids is 2. The number of guanidine groups is 1. The third-order valence-electron chi connectivity index (χ3n) is 6.15. The quantitative estimate of drug-likeness (QED) is 0.284. The monoisotopic (exact) mass is 398 g/mol. The molecule has 29 heavy (non-hydrogen) atoms. The second-order valence-corrected chi connectivity index (χ2v) is 7.68. The lowest BCUT2D eigenvalue weighted by atomic mass is 9.85. The number of carbonyl (C=O) groups is 2. The Kier molecular flexibility index (Phi) is 5.17. The molecule has 1 aromatic carbocycles. The van der Waals surface area contributed by atoms with Crippen molar-refractivity contribution >= 4 is 17.8 Å². The van der Waals surface area contributed by atoms with Crippen LogP contribution in [0.3, 0.4) is 0 Å². The molecule has 1 saturated carbocycles. The molecule has 0 radical (unpaired) electrons. The van der Waals surface area contributed by atoms with Crippen LogP contribution in [0.4, 0.5) is 0 Å². The third kappa shape index (κ3) is 3.43. The smallest absolute Gasteiger partial charge is 0.233 e. The van der Waals surface area contributed by atoms with Gasteiger partial charge in [-0.1, -0.05) is 12.2 Å². The number of nitrogens with zero attached hydrogens (tertiary/aromatic N) is 2. The van der Waals surface area contributed by atoms with Crippen LogP contribution in [-0.2, 0) is 16.1 Å². The molecule has 4 rings (SSSR count). The Balaban J connectivity index is 1.29. The normalized spacial score (nSPS) is 27.5. The molecule has 2 fully saturated rings. The van der Waals surface area contributed by atoms with E-state index in [1.807, 2.05) is 0 Å². The molecule has 1 heterocycles. The molecule has 4 atom stereocenters. The number of methoxy groups -OCH3 is 1. The molecule has 4 unspecified atom stereocenters. The maximum Gasteiger partial charge on any atom is 0.233 e. The van der Waals surface area contributed by atoms with Gasteiger partial charge in [0.2, 0.25) is 11.8 Å². The van der Waals surface area contributed by atoms with Crippen LogP contribution in [0, 0.1) is 23.7 Å². The molecule has 154 valence electrons. The summed E-state index contributed by atoms with van der Waals surface area (Å²) in [7, 11) is 3.21. The summed E-state index contributed by atoms with van der Waals surface area (Å²) in [4.78, 5) is 30.9. The molecular formula is C21H26N4O4. The summed E-state index contributed by atoms with van der Waals surface area (Å²) in [5, 5.41) is 16.2. The summed E-state index contributed by atoms with van der Waals surface area (Å²) in [6, 6.07) is 5.01. The van der Waals surface area contributed by atoms with Crippen molar-refractivity contribution in [1.29, 1.82) is 0 Å². The van der Waals surface area contributed by atoms with Gasteiger partial charge in [0.1, 0.15) is 11.5 Å². The van der Waals surface area contributed by atoms with Crippen molar-refractivity contribution in [3.05, 3.63) is 35.9 Å². The summed E-state index contributed by atoms with van der Waals surface area (Å²) in [5.74, 6) is 1.39. The number of hydrogen-bond acceptors (Lipinski definition) is 5. The van der Waals surface area contributed by atoms with E-state index in [0.717, 1.165) is 6.42 Å². The van der Waals surface area contributed by atoms with Crippen LogP contribution in [0.15, 0.2) is 35.3 Å². The highest BCUT2D eigenvalue weighted by atomic mass is 16.5. The highest BCUT2D eigenvalue weighted by molar-refractivity contribution is 6.06. The Hall–Kier alpha value is -3.03. The van der Waals surface area contributed by atoms with Gasteiger partial charge in [0.15, 0.2) is 5.96 Å². The number of likely N-dealkylation sites (tertiary alicyclic amines) is 1. The number of aromatic hydroxyl groups is 1. The highest BCUT2D eigenvalue weighted by Crippen LogP contribution is 2.52. The minimum absolute atomic E-state index is 0.0390. The molecule has 8 nitrogen and oxygen atoms in total. The van der Waals surface area contributed by atoms with Gasteiger partial charge in [-0.2, -0.15) is 0 Å². The van der Waals surface area contributed by atoms with E-state index in [1.54, 1.807) is 32.4 Å². The second-order valence-electron chi connectivity index (χ2n) is 7.68. The van der Waals surface area contributed by atoms with Crippen molar-refractivity contribution in [2.45, 2.75) is 13.0 Å². The van der Waals surface area contributed by atoms with Gasteiger partial charge in [0.05, 0.1) is 18.9 Å². The summed E-state index contributed by atoms with van der Waals surface area (Å²) in [6.07, 6.45) is 5.13. The fourth-order valence-electron chi connectivity index (χ4n) is 4.70. The van der Waals surface area contributed by atoms with Crippen molar-refractivity contribution in [1.82, 2.24) is 15.5 Å². The molecule has 1 saturated heterocycles. The molecule has 2 bridgehead atoms. The fourth-order valence-corrected chi connectivity index (χ4v) is 4.70. The Morgan fingerprint density at radius 1 is 1.21 bits per heavy atom. The molecule has 1 aromatic rings. The average Bonchev–Trinajstić information content (AvgIpc) is 3.41. The van der Waals surface area contributed by atoms with Gasteiger partial charge < -0.3 is 20.5 Å². The van der Waals surface area contributed by atoms with Gasteiger partial charge in [-0.25, -0.2) is 0 Å². The molecule has 3 N–H and O–H groups in total. The Morgan fingerprint density at radius 2 is 1.90 bits per heavy atom. The molecule has 8 heteroatoms. The fraction of sp³-hybridized carbons (Fsp3) is 0.476. The maximum absolute atomic E-state index is 12.7. The van der Waals surface area contributed by atoms with E-state index in [-0.39, 0.29) is 41.2 Å². The van der Waals surface area contributed by atoms with Crippen LogP contribution in [0.2, 0.25) is 0 Å². The summed E-state index contributed by atoms with van der Waals surface area (Å²) >= 11 is 0. The molecule has 0 spiro atoms. The molecule has 2 amide bonds. The Bertz CT molecular complexity index is 851. The van der Waals surface area contributed by atoms with Crippen molar-refractivity contribution in [2.75, 3.05) is 27.2 Å². The topological polar surface area (TPSA) is 103 Å². The van der Waals surface area contributed by atoms with E-state index in [1.165, 1.54) is 4.90 Å². The highest BCUT2D eigenvalue weighted by Gasteiger charge is 2.58. The van der Waals surface area contributed by atoms with Crippen LogP contribution in [-0.4, -0.2) is 55.0 Å². The summed E-state index contributed by atoms with van der Waals surface area (Å²) in [6.45, 7) is 1.07. The number of hydrogen-bond donors (Lipinski definition) is 3. The predicted molar refractivity (Wildman–Crippen MR) is 107 cm³/mol. The number of phenols is 1. The first kappa shape index (κ1) is 19.3. The number of fused-ring (bicyclic) bond motifs is 5. The van der Waals surface area contributed by atoms with Gasteiger partial charge in [0.25, 0.3) is 0 Å². The van der Waals surface area contributed by atoms with E-state index in [9.17, 15) is 14.7 Å².